The molecule has 122 valence electrons. The molecule has 23 heavy (non-hydrogen) atoms. The summed E-state index contributed by atoms with van der Waals surface area (Å²) in [6, 6.07) is 14.8. The molecule has 0 spiro atoms. The Hall–Kier alpha value is -2.30. The lowest BCUT2D eigenvalue weighted by molar-refractivity contribution is 0.0923. The molecule has 0 aliphatic carbocycles. The van der Waals surface area contributed by atoms with E-state index in [1.54, 1.807) is 38.5 Å². The monoisotopic (exact) mass is 314 g/mol. The van der Waals surface area contributed by atoms with Gasteiger partial charge in [-0.1, -0.05) is 36.4 Å². The molecule has 0 fully saturated rings. The third kappa shape index (κ3) is 4.58. The van der Waals surface area contributed by atoms with Gasteiger partial charge in [-0.3, -0.25) is 0 Å². The number of hydrogen-bond donors (Lipinski definition) is 2. The fourth-order valence-corrected chi connectivity index (χ4v) is 2.26. The lowest BCUT2D eigenvalue weighted by atomic mass is 9.95. The molecule has 2 aromatic carbocycles. The van der Waals surface area contributed by atoms with Crippen molar-refractivity contribution in [2.24, 2.45) is 5.92 Å². The summed E-state index contributed by atoms with van der Waals surface area (Å²) < 4.78 is 10.2. The van der Waals surface area contributed by atoms with Crippen molar-refractivity contribution in [3.63, 3.8) is 0 Å². The Labute approximate surface area is 136 Å². The molecule has 2 aromatic rings. The fraction of sp³-hybridized carbons (Fsp3) is 0.263. The Kier molecular flexibility index (Phi) is 6.20. The molecular weight excluding hydrogens is 292 g/mol. The molecule has 4 nitrogen and oxygen atoms in total. The van der Waals surface area contributed by atoms with Gasteiger partial charge in [0.25, 0.3) is 0 Å². The van der Waals surface area contributed by atoms with E-state index in [-0.39, 0.29) is 12.5 Å². The van der Waals surface area contributed by atoms with Crippen molar-refractivity contribution in [1.29, 1.82) is 0 Å². The molecule has 0 amide bonds. The van der Waals surface area contributed by atoms with E-state index in [1.165, 1.54) is 0 Å². The SMILES string of the molecule is COc1ccc(/C=C/[C@H](CO)[C@H](O)c2ccc(OC)cc2)cc1. The summed E-state index contributed by atoms with van der Waals surface area (Å²) in [6.45, 7) is -0.139. The first-order chi connectivity index (χ1) is 11.2. The second kappa shape index (κ2) is 8.36. The van der Waals surface area contributed by atoms with Gasteiger partial charge in [0.15, 0.2) is 0 Å². The number of aliphatic hydroxyl groups is 2. The minimum Gasteiger partial charge on any atom is -0.497 e. The second-order valence-corrected chi connectivity index (χ2v) is 5.20. The van der Waals surface area contributed by atoms with E-state index in [4.69, 9.17) is 9.47 Å². The molecule has 0 unspecified atom stereocenters. The molecule has 0 aliphatic rings. The van der Waals surface area contributed by atoms with E-state index in [1.807, 2.05) is 36.4 Å². The van der Waals surface area contributed by atoms with Gasteiger partial charge in [0.1, 0.15) is 11.5 Å². The van der Waals surface area contributed by atoms with E-state index in [2.05, 4.69) is 0 Å². The highest BCUT2D eigenvalue weighted by Crippen LogP contribution is 2.25. The van der Waals surface area contributed by atoms with Crippen LogP contribution in [0.5, 0.6) is 11.5 Å². The van der Waals surface area contributed by atoms with Crippen molar-refractivity contribution in [3.8, 4) is 11.5 Å². The smallest absolute Gasteiger partial charge is 0.118 e. The molecule has 4 heteroatoms. The van der Waals surface area contributed by atoms with Crippen LogP contribution in [-0.4, -0.2) is 31.0 Å². The summed E-state index contributed by atoms with van der Waals surface area (Å²) in [5, 5.41) is 20.0. The van der Waals surface area contributed by atoms with Crippen molar-refractivity contribution >= 4 is 6.08 Å². The van der Waals surface area contributed by atoms with Crippen molar-refractivity contribution < 1.29 is 19.7 Å². The van der Waals surface area contributed by atoms with Crippen LogP contribution in [0.3, 0.4) is 0 Å². The van der Waals surface area contributed by atoms with Gasteiger partial charge in [-0.2, -0.15) is 0 Å². The zero-order valence-corrected chi connectivity index (χ0v) is 13.3. The number of methoxy groups -OCH3 is 2. The minimum absolute atomic E-state index is 0.139. The number of aliphatic hydroxyl groups excluding tert-OH is 2. The Morgan fingerprint density at radius 1 is 0.913 bits per heavy atom. The van der Waals surface area contributed by atoms with Gasteiger partial charge in [0, 0.05) is 5.92 Å². The van der Waals surface area contributed by atoms with E-state index in [0.717, 1.165) is 22.6 Å². The standard InChI is InChI=1S/C19H22O4/c1-22-17-9-4-14(5-10-17)3-6-16(13-20)19(21)15-7-11-18(23-2)12-8-15/h3-12,16,19-21H,13H2,1-2H3/b6-3+/t16-,19-/m1/s1. The number of benzene rings is 2. The van der Waals surface area contributed by atoms with Crippen LogP contribution in [0.25, 0.3) is 6.08 Å². The first kappa shape index (κ1) is 17.1. The Bertz CT molecular complexity index is 617. The van der Waals surface area contributed by atoms with Crippen LogP contribution in [0.1, 0.15) is 17.2 Å². The molecular formula is C19H22O4. The molecule has 0 radical (unpaired) electrons. The van der Waals surface area contributed by atoms with Crippen LogP contribution in [0.2, 0.25) is 0 Å². The normalized spacial score (nSPS) is 13.7. The lowest BCUT2D eigenvalue weighted by Crippen LogP contribution is -2.14. The maximum atomic E-state index is 10.4. The predicted octanol–water partition coefficient (Wildman–Crippen LogP) is 3.06. The van der Waals surface area contributed by atoms with Crippen LogP contribution in [-0.2, 0) is 0 Å². The molecule has 0 aliphatic heterocycles. The van der Waals surface area contributed by atoms with Crippen molar-refractivity contribution in [3.05, 3.63) is 65.7 Å². The van der Waals surface area contributed by atoms with E-state index in [9.17, 15) is 10.2 Å². The summed E-state index contributed by atoms with van der Waals surface area (Å²) in [7, 11) is 3.22. The number of hydrogen-bond acceptors (Lipinski definition) is 4. The van der Waals surface area contributed by atoms with Crippen LogP contribution in [0.15, 0.2) is 54.6 Å². The average molecular weight is 314 g/mol. The van der Waals surface area contributed by atoms with Gasteiger partial charge in [-0.05, 0) is 35.4 Å². The van der Waals surface area contributed by atoms with Gasteiger partial charge < -0.3 is 19.7 Å². The largest absolute Gasteiger partial charge is 0.497 e. The fourth-order valence-electron chi connectivity index (χ4n) is 2.26. The summed E-state index contributed by atoms with van der Waals surface area (Å²) in [5.41, 5.74) is 1.72. The summed E-state index contributed by atoms with van der Waals surface area (Å²) in [6.07, 6.45) is 2.92. The van der Waals surface area contributed by atoms with Gasteiger partial charge in [0.2, 0.25) is 0 Å². The van der Waals surface area contributed by atoms with Crippen LogP contribution in [0.4, 0.5) is 0 Å². The zero-order valence-electron chi connectivity index (χ0n) is 13.3. The molecule has 0 bridgehead atoms. The maximum absolute atomic E-state index is 10.4. The second-order valence-electron chi connectivity index (χ2n) is 5.20. The van der Waals surface area contributed by atoms with Gasteiger partial charge in [0.05, 0.1) is 26.9 Å². The number of ether oxygens (including phenoxy) is 2. The quantitative estimate of drug-likeness (QED) is 0.824. The Morgan fingerprint density at radius 2 is 1.43 bits per heavy atom. The molecule has 0 heterocycles. The predicted molar refractivity (Wildman–Crippen MR) is 90.6 cm³/mol. The summed E-state index contributed by atoms with van der Waals surface area (Å²) in [4.78, 5) is 0. The van der Waals surface area contributed by atoms with E-state index >= 15 is 0 Å². The Balaban J connectivity index is 2.09. The van der Waals surface area contributed by atoms with Gasteiger partial charge in [-0.15, -0.1) is 0 Å². The van der Waals surface area contributed by atoms with Crippen molar-refractivity contribution in [2.75, 3.05) is 20.8 Å². The molecule has 2 atom stereocenters. The summed E-state index contributed by atoms with van der Waals surface area (Å²) >= 11 is 0. The lowest BCUT2D eigenvalue weighted by Gasteiger charge is -2.18. The molecule has 0 saturated carbocycles. The molecule has 2 rings (SSSR count). The van der Waals surface area contributed by atoms with Crippen LogP contribution < -0.4 is 9.47 Å². The van der Waals surface area contributed by atoms with Crippen LogP contribution in [0, 0.1) is 5.92 Å². The van der Waals surface area contributed by atoms with Crippen molar-refractivity contribution in [2.45, 2.75) is 6.10 Å². The highest BCUT2D eigenvalue weighted by molar-refractivity contribution is 5.51. The first-order valence-corrected chi connectivity index (χ1v) is 7.43. The third-order valence-corrected chi connectivity index (χ3v) is 3.73. The minimum atomic E-state index is -0.777. The zero-order chi connectivity index (χ0) is 16.7. The summed E-state index contributed by atoms with van der Waals surface area (Å²) in [5.74, 6) is 1.14. The number of rotatable bonds is 7. The topological polar surface area (TPSA) is 58.9 Å². The first-order valence-electron chi connectivity index (χ1n) is 7.43. The van der Waals surface area contributed by atoms with Gasteiger partial charge >= 0.3 is 0 Å². The highest BCUT2D eigenvalue weighted by atomic mass is 16.5. The van der Waals surface area contributed by atoms with E-state index in [0.29, 0.717) is 0 Å². The maximum Gasteiger partial charge on any atom is 0.118 e. The molecule has 0 aromatic heterocycles. The average Bonchev–Trinajstić information content (AvgIpc) is 2.62. The van der Waals surface area contributed by atoms with Crippen molar-refractivity contribution in [1.82, 2.24) is 0 Å². The Morgan fingerprint density at radius 3 is 1.91 bits per heavy atom. The molecule has 0 saturated heterocycles. The van der Waals surface area contributed by atoms with Crippen LogP contribution >= 0.6 is 0 Å². The highest BCUT2D eigenvalue weighted by Gasteiger charge is 2.17. The molecule has 2 N–H and O–H groups in total. The third-order valence-electron chi connectivity index (χ3n) is 3.73. The van der Waals surface area contributed by atoms with E-state index < -0.39 is 6.10 Å². The van der Waals surface area contributed by atoms with Gasteiger partial charge in [-0.25, -0.2) is 0 Å².